The number of rotatable bonds is 7. The molecular weight excluding hydrogens is 491 g/mol. The number of carbonyl (C=O) groups excluding carboxylic acids is 1. The second-order valence-electron chi connectivity index (χ2n) is 6.38. The second-order valence-corrected chi connectivity index (χ2v) is 10.8. The molecule has 10 nitrogen and oxygen atoms in total. The largest absolute Gasteiger partial charge is 0.332 e. The molecule has 0 saturated carbocycles. The lowest BCUT2D eigenvalue weighted by molar-refractivity contribution is -0.113. The number of hydrogen-bond acceptors (Lipinski definition) is 11. The second kappa shape index (κ2) is 9.52. The fraction of sp³-hybridized carbons (Fsp3) is 0.278. The molecule has 0 radical (unpaired) electrons. The Morgan fingerprint density at radius 1 is 1.16 bits per heavy atom. The quantitative estimate of drug-likeness (QED) is 0.228. The van der Waals surface area contributed by atoms with E-state index in [2.05, 4.69) is 25.5 Å². The third-order valence-electron chi connectivity index (χ3n) is 4.27. The molecule has 0 spiro atoms. The first-order valence-electron chi connectivity index (χ1n) is 9.29. The molecule has 0 aliphatic carbocycles. The number of amides is 1. The normalized spacial score (nSPS) is 11.2. The van der Waals surface area contributed by atoms with Crippen molar-refractivity contribution in [2.75, 3.05) is 16.8 Å². The van der Waals surface area contributed by atoms with E-state index in [1.54, 1.807) is 18.8 Å². The minimum atomic E-state index is -0.505. The summed E-state index contributed by atoms with van der Waals surface area (Å²) >= 11 is 5.40. The Hall–Kier alpha value is -2.55. The van der Waals surface area contributed by atoms with Gasteiger partial charge in [0.25, 0.3) is 5.56 Å². The zero-order valence-electron chi connectivity index (χ0n) is 17.2. The summed E-state index contributed by atoms with van der Waals surface area (Å²) in [6, 6.07) is 3.72. The first-order chi connectivity index (χ1) is 15.4. The van der Waals surface area contributed by atoms with Gasteiger partial charge in [-0.05, 0) is 17.2 Å². The van der Waals surface area contributed by atoms with Crippen molar-refractivity contribution in [1.82, 2.24) is 29.3 Å². The average molecular weight is 508 g/mol. The van der Waals surface area contributed by atoms with Gasteiger partial charge in [-0.3, -0.25) is 24.0 Å². The number of thioether (sulfide) groups is 2. The fourth-order valence-corrected chi connectivity index (χ4v) is 5.92. The van der Waals surface area contributed by atoms with Crippen LogP contribution in [0.4, 0.5) is 5.13 Å². The maximum Gasteiger partial charge on any atom is 0.332 e. The Balaban J connectivity index is 1.68. The number of carbonyl (C=O) groups is 1. The first kappa shape index (κ1) is 22.6. The number of anilines is 1. The van der Waals surface area contributed by atoms with Crippen LogP contribution in [0.15, 0.2) is 36.5 Å². The molecule has 1 amide bonds. The Morgan fingerprint density at radius 2 is 1.97 bits per heavy atom. The minimum Gasteiger partial charge on any atom is -0.300 e. The van der Waals surface area contributed by atoms with Crippen LogP contribution < -0.4 is 16.6 Å². The standard InChI is InChI=1S/C18H17N7O3S4/c1-4-29-17-23-22-16(32-17)19-10(26)8-31-14-11-13(24(2)18(28)25(3)15(11)27)20-12(21-14)9-6-5-7-30-9/h5-7H,4,8H2,1-3H3,(H,19,22,26). The van der Waals surface area contributed by atoms with Crippen molar-refractivity contribution in [3.63, 3.8) is 0 Å². The monoisotopic (exact) mass is 507 g/mol. The molecule has 4 aromatic rings. The van der Waals surface area contributed by atoms with E-state index in [0.717, 1.165) is 31.3 Å². The van der Waals surface area contributed by atoms with Crippen LogP contribution >= 0.6 is 46.2 Å². The number of nitrogens with one attached hydrogen (secondary N) is 1. The van der Waals surface area contributed by atoms with Crippen molar-refractivity contribution in [1.29, 1.82) is 0 Å². The van der Waals surface area contributed by atoms with E-state index in [1.165, 1.54) is 34.3 Å². The summed E-state index contributed by atoms with van der Waals surface area (Å²) in [6.07, 6.45) is 0. The number of aromatic nitrogens is 6. The third kappa shape index (κ3) is 4.48. The van der Waals surface area contributed by atoms with Crippen molar-refractivity contribution in [2.45, 2.75) is 16.3 Å². The lowest BCUT2D eigenvalue weighted by Gasteiger charge is -2.11. The molecular formula is C18H17N7O3S4. The van der Waals surface area contributed by atoms with Crippen LogP contribution in [0.2, 0.25) is 0 Å². The molecule has 0 fully saturated rings. The van der Waals surface area contributed by atoms with Gasteiger partial charge in [0.05, 0.1) is 10.6 Å². The lowest BCUT2D eigenvalue weighted by atomic mass is 10.3. The highest BCUT2D eigenvalue weighted by molar-refractivity contribution is 8.01. The van der Waals surface area contributed by atoms with E-state index >= 15 is 0 Å². The molecule has 4 heterocycles. The number of hydrogen-bond donors (Lipinski definition) is 1. The number of fused-ring (bicyclic) bond motifs is 1. The zero-order chi connectivity index (χ0) is 22.8. The van der Waals surface area contributed by atoms with Gasteiger partial charge in [0.15, 0.2) is 15.8 Å². The van der Waals surface area contributed by atoms with E-state index < -0.39 is 11.2 Å². The van der Waals surface area contributed by atoms with Crippen LogP contribution in [0, 0.1) is 0 Å². The predicted octanol–water partition coefficient (Wildman–Crippen LogP) is 2.45. The van der Waals surface area contributed by atoms with E-state index in [9.17, 15) is 14.4 Å². The summed E-state index contributed by atoms with van der Waals surface area (Å²) < 4.78 is 3.10. The van der Waals surface area contributed by atoms with Crippen molar-refractivity contribution < 1.29 is 4.79 Å². The van der Waals surface area contributed by atoms with Crippen LogP contribution in [0.3, 0.4) is 0 Å². The SMILES string of the molecule is CCSc1nnc(NC(=O)CSc2nc(-c3cccs3)nc3c2c(=O)n(C)c(=O)n3C)s1. The Bertz CT molecular complexity index is 1410. The van der Waals surface area contributed by atoms with E-state index in [0.29, 0.717) is 16.0 Å². The molecule has 166 valence electrons. The van der Waals surface area contributed by atoms with Crippen LogP contribution in [0.1, 0.15) is 6.92 Å². The summed E-state index contributed by atoms with van der Waals surface area (Å²) in [5.41, 5.74) is -0.761. The van der Waals surface area contributed by atoms with Crippen LogP contribution in [0.25, 0.3) is 21.7 Å². The molecule has 1 N–H and O–H groups in total. The van der Waals surface area contributed by atoms with Gasteiger partial charge in [0.2, 0.25) is 11.0 Å². The first-order valence-corrected chi connectivity index (χ1v) is 13.0. The third-order valence-corrected chi connectivity index (χ3v) is 7.96. The highest BCUT2D eigenvalue weighted by atomic mass is 32.2. The Labute approximate surface area is 198 Å². The van der Waals surface area contributed by atoms with Crippen LogP contribution in [0.5, 0.6) is 0 Å². The molecule has 14 heteroatoms. The molecule has 0 bridgehead atoms. The zero-order valence-corrected chi connectivity index (χ0v) is 20.5. The van der Waals surface area contributed by atoms with Gasteiger partial charge in [-0.15, -0.1) is 21.5 Å². The van der Waals surface area contributed by atoms with Crippen molar-refractivity contribution in [3.8, 4) is 10.7 Å². The smallest absolute Gasteiger partial charge is 0.300 e. The molecule has 0 atom stereocenters. The summed E-state index contributed by atoms with van der Waals surface area (Å²) in [5, 5.41) is 13.5. The van der Waals surface area contributed by atoms with Crippen LogP contribution in [-0.4, -0.2) is 46.7 Å². The van der Waals surface area contributed by atoms with Crippen molar-refractivity contribution in [3.05, 3.63) is 38.4 Å². The van der Waals surface area contributed by atoms with E-state index in [-0.39, 0.29) is 22.7 Å². The molecule has 0 aromatic carbocycles. The molecule has 0 saturated heterocycles. The minimum absolute atomic E-state index is 0.00216. The topological polar surface area (TPSA) is 125 Å². The number of nitrogens with zero attached hydrogens (tertiary/aromatic N) is 6. The molecule has 0 aliphatic rings. The summed E-state index contributed by atoms with van der Waals surface area (Å²) in [5.74, 6) is 0.954. The van der Waals surface area contributed by atoms with Gasteiger partial charge in [-0.1, -0.05) is 47.9 Å². The molecule has 4 rings (SSSR count). The summed E-state index contributed by atoms with van der Waals surface area (Å²) in [4.78, 5) is 47.6. The van der Waals surface area contributed by atoms with Gasteiger partial charge in [-0.25, -0.2) is 14.8 Å². The van der Waals surface area contributed by atoms with E-state index in [1.807, 2.05) is 24.4 Å². The number of thiophene rings is 1. The summed E-state index contributed by atoms with van der Waals surface area (Å²) in [6.45, 7) is 2.01. The maximum absolute atomic E-state index is 12.9. The molecule has 0 unspecified atom stereocenters. The van der Waals surface area contributed by atoms with Crippen LogP contribution in [-0.2, 0) is 18.9 Å². The van der Waals surface area contributed by atoms with E-state index in [4.69, 9.17) is 0 Å². The van der Waals surface area contributed by atoms with Gasteiger partial charge in [-0.2, -0.15) is 0 Å². The van der Waals surface area contributed by atoms with Gasteiger partial charge < -0.3 is 0 Å². The molecule has 4 aromatic heterocycles. The average Bonchev–Trinajstić information content (AvgIpc) is 3.47. The Kier molecular flexibility index (Phi) is 6.74. The fourth-order valence-electron chi connectivity index (χ4n) is 2.78. The number of aryl methyl sites for hydroxylation is 1. The maximum atomic E-state index is 12.9. The van der Waals surface area contributed by atoms with Gasteiger partial charge in [0, 0.05) is 14.1 Å². The van der Waals surface area contributed by atoms with Gasteiger partial charge >= 0.3 is 5.69 Å². The molecule has 32 heavy (non-hydrogen) atoms. The van der Waals surface area contributed by atoms with Crippen molar-refractivity contribution in [2.24, 2.45) is 14.1 Å². The lowest BCUT2D eigenvalue weighted by Crippen LogP contribution is -2.37. The Morgan fingerprint density at radius 3 is 2.69 bits per heavy atom. The summed E-state index contributed by atoms with van der Waals surface area (Å²) in [7, 11) is 2.96. The highest BCUT2D eigenvalue weighted by Crippen LogP contribution is 2.29. The van der Waals surface area contributed by atoms with Gasteiger partial charge in [0.1, 0.15) is 10.4 Å². The highest BCUT2D eigenvalue weighted by Gasteiger charge is 2.19. The van der Waals surface area contributed by atoms with Crippen molar-refractivity contribution >= 4 is 68.3 Å². The molecule has 0 aliphatic heterocycles. The predicted molar refractivity (Wildman–Crippen MR) is 129 cm³/mol.